The molecule has 0 radical (unpaired) electrons. The summed E-state index contributed by atoms with van der Waals surface area (Å²) in [5.74, 6) is 0.571. The van der Waals surface area contributed by atoms with Crippen molar-refractivity contribution in [2.75, 3.05) is 6.54 Å². The van der Waals surface area contributed by atoms with Crippen molar-refractivity contribution < 1.29 is 4.39 Å². The van der Waals surface area contributed by atoms with E-state index < -0.39 is 6.17 Å². The topological polar surface area (TPSA) is 3.24 Å². The fraction of sp³-hybridized carbons (Fsp3) is 1.00. The fourth-order valence-electron chi connectivity index (χ4n) is 1.81. The zero-order chi connectivity index (χ0) is 8.43. The van der Waals surface area contributed by atoms with Gasteiger partial charge in [0.2, 0.25) is 0 Å². The van der Waals surface area contributed by atoms with E-state index in [4.69, 9.17) is 0 Å². The monoisotopic (exact) mass is 157 g/mol. The van der Waals surface area contributed by atoms with Crippen molar-refractivity contribution in [3.05, 3.63) is 0 Å². The molecule has 0 aliphatic carbocycles. The smallest absolute Gasteiger partial charge is 0.123 e. The second-order valence-corrected chi connectivity index (χ2v) is 3.81. The molecule has 0 unspecified atom stereocenters. The van der Waals surface area contributed by atoms with Gasteiger partial charge in [-0.2, -0.15) is 0 Å². The predicted molar refractivity (Wildman–Crippen MR) is 48.3 cm³/mol. The first kappa shape index (κ1) is 9.05. The molecule has 0 spiro atoms. The van der Waals surface area contributed by atoms with E-state index in [0.29, 0.717) is 18.5 Å². The van der Waals surface area contributed by atoms with Gasteiger partial charge in [0.05, 0.1) is 0 Å². The number of nitrogens with zero attached hydrogens (tertiary/aromatic N) is 1. The van der Waals surface area contributed by atoms with Crippen molar-refractivity contribution in [1.82, 2.24) is 4.90 Å². The first-order chi connectivity index (χ1) is 5.11. The quantitative estimate of drug-likeness (QED) is 0.508. The second-order valence-electron chi connectivity index (χ2n) is 3.81. The molecule has 1 aliphatic heterocycles. The van der Waals surface area contributed by atoms with Crippen LogP contribution >= 0.6 is 0 Å². The summed E-state index contributed by atoms with van der Waals surface area (Å²) in [7, 11) is 2.19. The molecule has 1 rings (SSSR count). The fourth-order valence-corrected chi connectivity index (χ4v) is 1.81. The van der Waals surface area contributed by atoms with Gasteiger partial charge >= 0.3 is 0 Å². The molecular weight excluding hydrogens is 140 g/mol. The molecular formula is C8H17BFN. The highest BCUT2D eigenvalue weighted by Crippen LogP contribution is 2.19. The van der Waals surface area contributed by atoms with Crippen LogP contribution in [0.15, 0.2) is 0 Å². The highest BCUT2D eigenvalue weighted by Gasteiger charge is 2.26. The molecule has 1 saturated heterocycles. The van der Waals surface area contributed by atoms with Gasteiger partial charge in [-0.3, -0.25) is 0 Å². The van der Waals surface area contributed by atoms with Crippen molar-refractivity contribution >= 4 is 7.85 Å². The van der Waals surface area contributed by atoms with Gasteiger partial charge in [-0.05, 0) is 32.6 Å². The molecule has 0 bridgehead atoms. The van der Waals surface area contributed by atoms with E-state index in [0.717, 1.165) is 12.8 Å². The first-order valence-electron chi connectivity index (χ1n) is 4.51. The van der Waals surface area contributed by atoms with Gasteiger partial charge in [0.15, 0.2) is 0 Å². The third-order valence-electron chi connectivity index (χ3n) is 2.54. The molecule has 1 heterocycles. The van der Waals surface area contributed by atoms with Crippen LogP contribution in [0.4, 0.5) is 4.39 Å². The van der Waals surface area contributed by atoms with Gasteiger partial charge in [0, 0.05) is 12.6 Å². The van der Waals surface area contributed by atoms with Crippen LogP contribution in [0.25, 0.3) is 0 Å². The molecule has 1 aliphatic rings. The Kier molecular flexibility index (Phi) is 2.94. The lowest BCUT2D eigenvalue weighted by molar-refractivity contribution is 0.0937. The number of hydrogen-bond acceptors (Lipinski definition) is 1. The predicted octanol–water partition coefficient (Wildman–Crippen LogP) is 0.788. The zero-order valence-corrected chi connectivity index (χ0v) is 7.68. The SMILES string of the molecule is B[C@H]1CC[C@H](F)CN1C(C)C. The van der Waals surface area contributed by atoms with Crippen LogP contribution in [-0.2, 0) is 0 Å². The molecule has 64 valence electrons. The second kappa shape index (κ2) is 3.57. The molecule has 0 aromatic heterocycles. The summed E-state index contributed by atoms with van der Waals surface area (Å²) in [6.07, 6.45) is 1.18. The number of hydrogen-bond donors (Lipinski definition) is 0. The molecule has 0 N–H and O–H groups in total. The molecule has 0 amide bonds. The normalized spacial score (nSPS) is 34.5. The molecule has 0 aromatic carbocycles. The molecule has 3 heteroatoms. The van der Waals surface area contributed by atoms with E-state index >= 15 is 0 Å². The van der Waals surface area contributed by atoms with Crippen LogP contribution in [0.2, 0.25) is 0 Å². The van der Waals surface area contributed by atoms with Gasteiger partial charge in [-0.1, -0.05) is 0 Å². The summed E-state index contributed by atoms with van der Waals surface area (Å²) >= 11 is 0. The van der Waals surface area contributed by atoms with E-state index in [9.17, 15) is 4.39 Å². The minimum absolute atomic E-state index is 0.489. The van der Waals surface area contributed by atoms with Crippen LogP contribution in [0.1, 0.15) is 26.7 Å². The molecule has 11 heavy (non-hydrogen) atoms. The average molecular weight is 157 g/mol. The molecule has 2 atom stereocenters. The van der Waals surface area contributed by atoms with Gasteiger partial charge in [0.1, 0.15) is 14.0 Å². The molecule has 0 aromatic rings. The Bertz CT molecular complexity index is 129. The maximum atomic E-state index is 12.9. The zero-order valence-electron chi connectivity index (χ0n) is 7.68. The average Bonchev–Trinajstić information content (AvgIpc) is 1.94. The maximum absolute atomic E-state index is 12.9. The summed E-state index contributed by atoms with van der Waals surface area (Å²) in [5.41, 5.74) is 0. The summed E-state index contributed by atoms with van der Waals surface area (Å²) in [6.45, 7) is 4.90. The van der Waals surface area contributed by atoms with Crippen LogP contribution in [0, 0.1) is 0 Å². The maximum Gasteiger partial charge on any atom is 0.123 e. The van der Waals surface area contributed by atoms with E-state index in [1.807, 2.05) is 0 Å². The van der Waals surface area contributed by atoms with Crippen molar-refractivity contribution in [3.63, 3.8) is 0 Å². The van der Waals surface area contributed by atoms with Crippen molar-refractivity contribution in [3.8, 4) is 0 Å². The van der Waals surface area contributed by atoms with Crippen LogP contribution < -0.4 is 0 Å². The standard InChI is InChI=1S/C8H17BFN/c1-6(2)11-5-7(10)3-4-8(11)9/h6-8H,3-5,9H2,1-2H3/t7-,8+/m0/s1. The minimum atomic E-state index is -0.589. The Labute approximate surface area is 69.4 Å². The third kappa shape index (κ3) is 2.19. The number of rotatable bonds is 1. The minimum Gasteiger partial charge on any atom is -0.303 e. The number of halogens is 1. The number of likely N-dealkylation sites (tertiary alicyclic amines) is 1. The van der Waals surface area contributed by atoms with E-state index in [1.54, 1.807) is 0 Å². The van der Waals surface area contributed by atoms with Crippen molar-refractivity contribution in [1.29, 1.82) is 0 Å². The highest BCUT2D eigenvalue weighted by molar-refractivity contribution is 6.11. The summed E-state index contributed by atoms with van der Waals surface area (Å²) in [6, 6.07) is 0.489. The summed E-state index contributed by atoms with van der Waals surface area (Å²) < 4.78 is 12.9. The van der Waals surface area contributed by atoms with Gasteiger partial charge in [0.25, 0.3) is 0 Å². The molecule has 0 saturated carbocycles. The van der Waals surface area contributed by atoms with Gasteiger partial charge < -0.3 is 4.90 Å². The van der Waals surface area contributed by atoms with E-state index in [1.165, 1.54) is 0 Å². The Morgan fingerprint density at radius 3 is 2.55 bits per heavy atom. The van der Waals surface area contributed by atoms with E-state index in [-0.39, 0.29) is 0 Å². The summed E-state index contributed by atoms with van der Waals surface area (Å²) in [5, 5.41) is 0. The van der Waals surface area contributed by atoms with Crippen molar-refractivity contribution in [2.45, 2.75) is 44.8 Å². The largest absolute Gasteiger partial charge is 0.303 e. The van der Waals surface area contributed by atoms with Crippen molar-refractivity contribution in [2.24, 2.45) is 0 Å². The lowest BCUT2D eigenvalue weighted by atomic mass is 9.85. The van der Waals surface area contributed by atoms with Crippen LogP contribution in [0.5, 0.6) is 0 Å². The van der Waals surface area contributed by atoms with E-state index in [2.05, 4.69) is 26.6 Å². The Hall–Kier alpha value is -0.0451. The van der Waals surface area contributed by atoms with Crippen LogP contribution in [-0.4, -0.2) is 37.4 Å². The molecule has 1 nitrogen and oxygen atoms in total. The lowest BCUT2D eigenvalue weighted by Gasteiger charge is -2.38. The van der Waals surface area contributed by atoms with Crippen LogP contribution in [0.3, 0.4) is 0 Å². The molecule has 1 fully saturated rings. The number of piperidine rings is 1. The third-order valence-corrected chi connectivity index (χ3v) is 2.54. The Morgan fingerprint density at radius 2 is 2.09 bits per heavy atom. The number of alkyl halides is 1. The highest BCUT2D eigenvalue weighted by atomic mass is 19.1. The lowest BCUT2D eigenvalue weighted by Crippen LogP contribution is -2.48. The first-order valence-corrected chi connectivity index (χ1v) is 4.51. The summed E-state index contributed by atoms with van der Waals surface area (Å²) in [4.78, 5) is 2.24. The Balaban J connectivity index is 2.47. The van der Waals surface area contributed by atoms with Gasteiger partial charge in [-0.25, -0.2) is 4.39 Å². The Morgan fingerprint density at radius 1 is 1.45 bits per heavy atom. The van der Waals surface area contributed by atoms with Gasteiger partial charge in [-0.15, -0.1) is 0 Å².